The molecule has 1 aromatic rings. The van der Waals surface area contributed by atoms with Gasteiger partial charge in [-0.05, 0) is 42.5 Å². The largest absolute Gasteiger partial charge is 0.326 e. The van der Waals surface area contributed by atoms with Gasteiger partial charge in [0.2, 0.25) is 0 Å². The molecule has 0 saturated heterocycles. The summed E-state index contributed by atoms with van der Waals surface area (Å²) < 4.78 is 0. The summed E-state index contributed by atoms with van der Waals surface area (Å²) >= 11 is 0. The highest BCUT2D eigenvalue weighted by Gasteiger charge is 2.06. The van der Waals surface area contributed by atoms with E-state index in [1.807, 2.05) is 0 Å². The maximum atomic E-state index is 5.72. The fraction of sp³-hybridized carbons (Fsp3) is 0.600. The van der Waals surface area contributed by atoms with E-state index >= 15 is 0 Å². The van der Waals surface area contributed by atoms with Gasteiger partial charge < -0.3 is 11.1 Å². The van der Waals surface area contributed by atoms with Crippen LogP contribution in [0.2, 0.25) is 0 Å². The average Bonchev–Trinajstić information content (AvgIpc) is 2.34. The number of hydrogen-bond donors (Lipinski definition) is 2. The van der Waals surface area contributed by atoms with Crippen LogP contribution in [-0.2, 0) is 13.0 Å². The minimum Gasteiger partial charge on any atom is -0.326 e. The Morgan fingerprint density at radius 3 is 2.35 bits per heavy atom. The number of benzene rings is 1. The van der Waals surface area contributed by atoms with Crippen LogP contribution in [0.15, 0.2) is 24.3 Å². The molecular weight excluding hydrogens is 208 g/mol. The maximum Gasteiger partial charge on any atom is 0.0180 e. The highest BCUT2D eigenvalue weighted by molar-refractivity contribution is 5.27. The first-order valence-corrected chi connectivity index (χ1v) is 6.62. The normalized spacial score (nSPS) is 13.0. The van der Waals surface area contributed by atoms with Gasteiger partial charge in [0.25, 0.3) is 0 Å². The summed E-state index contributed by atoms with van der Waals surface area (Å²) in [6, 6.07) is 8.44. The Labute approximate surface area is 106 Å². The summed E-state index contributed by atoms with van der Waals surface area (Å²) in [7, 11) is 0. The highest BCUT2D eigenvalue weighted by atomic mass is 14.9. The Hall–Kier alpha value is -0.860. The Morgan fingerprint density at radius 1 is 1.12 bits per heavy atom. The first-order valence-electron chi connectivity index (χ1n) is 6.62. The van der Waals surface area contributed by atoms with E-state index in [1.54, 1.807) is 0 Å². The highest BCUT2D eigenvalue weighted by Crippen LogP contribution is 2.09. The Bertz CT molecular complexity index is 320. The van der Waals surface area contributed by atoms with Gasteiger partial charge >= 0.3 is 0 Å². The van der Waals surface area contributed by atoms with Crippen molar-refractivity contribution in [3.63, 3.8) is 0 Å². The lowest BCUT2D eigenvalue weighted by molar-refractivity contribution is 0.394. The number of rotatable bonds is 7. The fourth-order valence-corrected chi connectivity index (χ4v) is 1.79. The zero-order valence-electron chi connectivity index (χ0n) is 11.4. The van der Waals surface area contributed by atoms with Gasteiger partial charge in [0.15, 0.2) is 0 Å². The van der Waals surface area contributed by atoms with Crippen LogP contribution in [0.5, 0.6) is 0 Å². The average molecular weight is 234 g/mol. The molecular formula is C15H26N2. The van der Waals surface area contributed by atoms with Crippen LogP contribution in [0.3, 0.4) is 0 Å². The summed E-state index contributed by atoms with van der Waals surface area (Å²) in [6.07, 6.45) is 1.07. The van der Waals surface area contributed by atoms with Crippen molar-refractivity contribution in [3.05, 3.63) is 35.4 Å². The maximum absolute atomic E-state index is 5.72. The molecule has 0 heterocycles. The molecule has 0 fully saturated rings. The van der Waals surface area contributed by atoms with Crippen molar-refractivity contribution in [2.24, 2.45) is 17.6 Å². The SMILES string of the molecule is CC(C)C(C)CNCCc1ccccc1CN. The zero-order valence-corrected chi connectivity index (χ0v) is 11.4. The third-order valence-electron chi connectivity index (χ3n) is 3.51. The van der Waals surface area contributed by atoms with Crippen molar-refractivity contribution < 1.29 is 0 Å². The van der Waals surface area contributed by atoms with Crippen LogP contribution in [0.4, 0.5) is 0 Å². The Morgan fingerprint density at radius 2 is 1.76 bits per heavy atom. The van der Waals surface area contributed by atoms with Crippen molar-refractivity contribution in [3.8, 4) is 0 Å². The Kier molecular flexibility index (Phi) is 6.23. The molecule has 2 heteroatoms. The third kappa shape index (κ3) is 4.88. The van der Waals surface area contributed by atoms with Crippen LogP contribution < -0.4 is 11.1 Å². The topological polar surface area (TPSA) is 38.0 Å². The number of nitrogens with one attached hydrogen (secondary N) is 1. The first kappa shape index (κ1) is 14.2. The molecule has 0 bridgehead atoms. The van der Waals surface area contributed by atoms with Crippen LogP contribution in [-0.4, -0.2) is 13.1 Å². The van der Waals surface area contributed by atoms with Crippen molar-refractivity contribution in [2.75, 3.05) is 13.1 Å². The van der Waals surface area contributed by atoms with E-state index in [9.17, 15) is 0 Å². The van der Waals surface area contributed by atoms with Crippen LogP contribution >= 0.6 is 0 Å². The van der Waals surface area contributed by atoms with Gasteiger partial charge in [-0.25, -0.2) is 0 Å². The van der Waals surface area contributed by atoms with Gasteiger partial charge in [-0.3, -0.25) is 0 Å². The standard InChI is InChI=1S/C15H26N2/c1-12(2)13(3)11-17-9-8-14-6-4-5-7-15(14)10-16/h4-7,12-13,17H,8-11,16H2,1-3H3. The molecule has 0 aliphatic carbocycles. The van der Waals surface area contributed by atoms with E-state index in [1.165, 1.54) is 11.1 Å². The minimum absolute atomic E-state index is 0.637. The van der Waals surface area contributed by atoms with Gasteiger partial charge in [-0.1, -0.05) is 45.0 Å². The lowest BCUT2D eigenvalue weighted by Gasteiger charge is -2.16. The fourth-order valence-electron chi connectivity index (χ4n) is 1.79. The first-order chi connectivity index (χ1) is 8.15. The third-order valence-corrected chi connectivity index (χ3v) is 3.51. The van der Waals surface area contributed by atoms with Gasteiger partial charge in [-0.2, -0.15) is 0 Å². The second-order valence-electron chi connectivity index (χ2n) is 5.15. The molecule has 1 aromatic carbocycles. The molecule has 1 atom stereocenters. The van der Waals surface area contributed by atoms with Gasteiger partial charge in [0.05, 0.1) is 0 Å². The molecule has 3 N–H and O–H groups in total. The number of nitrogens with two attached hydrogens (primary N) is 1. The van der Waals surface area contributed by atoms with E-state index in [0.717, 1.165) is 31.3 Å². The van der Waals surface area contributed by atoms with Crippen molar-refractivity contribution in [1.82, 2.24) is 5.32 Å². The van der Waals surface area contributed by atoms with Crippen molar-refractivity contribution >= 4 is 0 Å². The molecule has 0 spiro atoms. The summed E-state index contributed by atoms with van der Waals surface area (Å²) in [5, 5.41) is 3.53. The molecule has 0 amide bonds. The second kappa shape index (κ2) is 7.46. The van der Waals surface area contributed by atoms with E-state index in [0.29, 0.717) is 6.54 Å². The smallest absolute Gasteiger partial charge is 0.0180 e. The molecule has 0 aliphatic rings. The summed E-state index contributed by atoms with van der Waals surface area (Å²) in [4.78, 5) is 0. The molecule has 0 saturated carbocycles. The molecule has 2 nitrogen and oxygen atoms in total. The molecule has 1 unspecified atom stereocenters. The van der Waals surface area contributed by atoms with E-state index in [-0.39, 0.29) is 0 Å². The van der Waals surface area contributed by atoms with Crippen molar-refractivity contribution in [1.29, 1.82) is 0 Å². The minimum atomic E-state index is 0.637. The molecule has 0 radical (unpaired) electrons. The van der Waals surface area contributed by atoms with E-state index in [2.05, 4.69) is 50.4 Å². The van der Waals surface area contributed by atoms with Crippen LogP contribution in [0.1, 0.15) is 31.9 Å². The lowest BCUT2D eigenvalue weighted by atomic mass is 9.98. The molecule has 1 rings (SSSR count). The Balaban J connectivity index is 2.31. The summed E-state index contributed by atoms with van der Waals surface area (Å²) in [5.41, 5.74) is 8.37. The molecule has 0 aliphatic heterocycles. The molecule has 0 aromatic heterocycles. The van der Waals surface area contributed by atoms with Gasteiger partial charge in [0, 0.05) is 6.54 Å². The van der Waals surface area contributed by atoms with Gasteiger partial charge in [-0.15, -0.1) is 0 Å². The van der Waals surface area contributed by atoms with Crippen LogP contribution in [0.25, 0.3) is 0 Å². The van der Waals surface area contributed by atoms with Crippen LogP contribution in [0, 0.1) is 11.8 Å². The predicted molar refractivity (Wildman–Crippen MR) is 74.9 cm³/mol. The van der Waals surface area contributed by atoms with E-state index < -0.39 is 0 Å². The van der Waals surface area contributed by atoms with Gasteiger partial charge in [0.1, 0.15) is 0 Å². The summed E-state index contributed by atoms with van der Waals surface area (Å²) in [5.74, 6) is 1.48. The zero-order chi connectivity index (χ0) is 12.7. The monoisotopic (exact) mass is 234 g/mol. The summed E-state index contributed by atoms with van der Waals surface area (Å²) in [6.45, 7) is 9.62. The quantitative estimate of drug-likeness (QED) is 0.712. The predicted octanol–water partition coefficient (Wildman–Crippen LogP) is 2.57. The molecule has 17 heavy (non-hydrogen) atoms. The lowest BCUT2D eigenvalue weighted by Crippen LogP contribution is -2.26. The second-order valence-corrected chi connectivity index (χ2v) is 5.15. The van der Waals surface area contributed by atoms with E-state index in [4.69, 9.17) is 5.73 Å². The van der Waals surface area contributed by atoms with Crippen molar-refractivity contribution in [2.45, 2.75) is 33.7 Å². The molecule has 96 valence electrons. The number of hydrogen-bond acceptors (Lipinski definition) is 2.